The molecule has 0 unspecified atom stereocenters. The number of methoxy groups -OCH3 is 1. The van der Waals surface area contributed by atoms with Gasteiger partial charge in [0.25, 0.3) is 0 Å². The van der Waals surface area contributed by atoms with Gasteiger partial charge in [0.15, 0.2) is 11.5 Å². The third-order valence-corrected chi connectivity index (χ3v) is 3.59. The molecule has 0 saturated carbocycles. The Balaban J connectivity index is 1.91. The zero-order valence-electron chi connectivity index (χ0n) is 11.2. The summed E-state index contributed by atoms with van der Waals surface area (Å²) in [4.78, 5) is 0. The molecule has 1 aliphatic heterocycles. The van der Waals surface area contributed by atoms with Gasteiger partial charge in [0.2, 0.25) is 0 Å². The van der Waals surface area contributed by atoms with Crippen LogP contribution < -0.4 is 9.47 Å². The fourth-order valence-electron chi connectivity index (χ4n) is 2.58. The van der Waals surface area contributed by atoms with Crippen LogP contribution in [0.1, 0.15) is 23.7 Å². The van der Waals surface area contributed by atoms with E-state index in [2.05, 4.69) is 0 Å². The Morgan fingerprint density at radius 2 is 1.85 bits per heavy atom. The molecule has 4 nitrogen and oxygen atoms in total. The predicted molar refractivity (Wildman–Crippen MR) is 74.5 cm³/mol. The van der Waals surface area contributed by atoms with Gasteiger partial charge in [-0.2, -0.15) is 0 Å². The summed E-state index contributed by atoms with van der Waals surface area (Å²) in [6, 6.07) is 10.4. The van der Waals surface area contributed by atoms with E-state index in [9.17, 15) is 10.2 Å². The third-order valence-electron chi connectivity index (χ3n) is 3.59. The van der Waals surface area contributed by atoms with Crippen molar-refractivity contribution in [3.8, 4) is 23.0 Å². The van der Waals surface area contributed by atoms with Crippen LogP contribution in [0.5, 0.6) is 23.0 Å². The predicted octanol–water partition coefficient (Wildman–Crippen LogP) is 3.17. The van der Waals surface area contributed by atoms with E-state index in [1.807, 2.05) is 12.1 Å². The summed E-state index contributed by atoms with van der Waals surface area (Å²) >= 11 is 0. The molecule has 0 spiro atoms. The average Bonchev–Trinajstić information content (AvgIpc) is 2.47. The van der Waals surface area contributed by atoms with Crippen LogP contribution in [0.4, 0.5) is 0 Å². The second-order valence-electron chi connectivity index (χ2n) is 4.83. The maximum absolute atomic E-state index is 9.77. The molecule has 0 aliphatic carbocycles. The topological polar surface area (TPSA) is 58.9 Å². The molecular formula is C16H16O4. The molecule has 0 bridgehead atoms. The number of hydrogen-bond acceptors (Lipinski definition) is 4. The first-order chi connectivity index (χ1) is 9.69. The summed E-state index contributed by atoms with van der Waals surface area (Å²) in [5, 5.41) is 19.1. The Bertz CT molecular complexity index is 619. The van der Waals surface area contributed by atoms with Crippen molar-refractivity contribution in [2.45, 2.75) is 18.9 Å². The normalized spacial score (nSPS) is 17.1. The number of rotatable bonds is 2. The molecule has 104 valence electrons. The van der Waals surface area contributed by atoms with Gasteiger partial charge in [-0.05, 0) is 42.7 Å². The molecule has 1 aliphatic rings. The number of phenols is 2. The molecule has 0 radical (unpaired) electrons. The maximum atomic E-state index is 9.77. The molecule has 1 atom stereocenters. The quantitative estimate of drug-likeness (QED) is 0.881. The van der Waals surface area contributed by atoms with Gasteiger partial charge in [-0.25, -0.2) is 0 Å². The van der Waals surface area contributed by atoms with Gasteiger partial charge in [0, 0.05) is 5.56 Å². The highest BCUT2D eigenvalue weighted by atomic mass is 16.5. The summed E-state index contributed by atoms with van der Waals surface area (Å²) in [5.74, 6) is 1.62. The Hall–Kier alpha value is -2.36. The smallest absolute Gasteiger partial charge is 0.167 e. The standard InChI is InChI=1S/C16H16O4/c1-19-16-12-6-8-14(10-2-4-11(17)5-3-10)20-15(12)9-7-13(16)18/h2-5,7,9,14,17-18H,6,8H2,1H3/t14-/m0/s1. The van der Waals surface area contributed by atoms with Crippen molar-refractivity contribution < 1.29 is 19.7 Å². The number of ether oxygens (including phenoxy) is 2. The average molecular weight is 272 g/mol. The highest BCUT2D eigenvalue weighted by Crippen LogP contribution is 2.43. The van der Waals surface area contributed by atoms with Crippen LogP contribution in [0.3, 0.4) is 0 Å². The molecule has 3 rings (SSSR count). The summed E-state index contributed by atoms with van der Waals surface area (Å²) in [5.41, 5.74) is 1.93. The summed E-state index contributed by atoms with van der Waals surface area (Å²) in [7, 11) is 1.54. The first-order valence-electron chi connectivity index (χ1n) is 6.53. The number of fused-ring (bicyclic) bond motifs is 1. The first kappa shape index (κ1) is 12.7. The minimum absolute atomic E-state index is 0.0441. The highest BCUT2D eigenvalue weighted by molar-refractivity contribution is 5.54. The molecule has 20 heavy (non-hydrogen) atoms. The Morgan fingerprint density at radius 3 is 2.55 bits per heavy atom. The zero-order chi connectivity index (χ0) is 14.1. The second-order valence-corrected chi connectivity index (χ2v) is 4.83. The molecule has 0 fully saturated rings. The van der Waals surface area contributed by atoms with Crippen molar-refractivity contribution in [3.63, 3.8) is 0 Å². The van der Waals surface area contributed by atoms with E-state index in [0.29, 0.717) is 5.75 Å². The van der Waals surface area contributed by atoms with Gasteiger partial charge < -0.3 is 19.7 Å². The Kier molecular flexibility index (Phi) is 3.14. The SMILES string of the molecule is COc1c(O)ccc2c1CC[C@@H](c1ccc(O)cc1)O2. The Labute approximate surface area is 117 Å². The molecule has 1 heterocycles. The minimum Gasteiger partial charge on any atom is -0.508 e. The van der Waals surface area contributed by atoms with Crippen LogP contribution in [0.2, 0.25) is 0 Å². The van der Waals surface area contributed by atoms with E-state index in [4.69, 9.17) is 9.47 Å². The van der Waals surface area contributed by atoms with Crippen molar-refractivity contribution in [1.82, 2.24) is 0 Å². The van der Waals surface area contributed by atoms with Crippen LogP contribution in [0.15, 0.2) is 36.4 Å². The van der Waals surface area contributed by atoms with Crippen LogP contribution >= 0.6 is 0 Å². The number of aromatic hydroxyl groups is 2. The van der Waals surface area contributed by atoms with E-state index in [1.165, 1.54) is 0 Å². The van der Waals surface area contributed by atoms with E-state index in [1.54, 1.807) is 31.4 Å². The van der Waals surface area contributed by atoms with E-state index in [-0.39, 0.29) is 17.6 Å². The first-order valence-corrected chi connectivity index (χ1v) is 6.53. The monoisotopic (exact) mass is 272 g/mol. The van der Waals surface area contributed by atoms with Crippen LogP contribution in [0, 0.1) is 0 Å². The largest absolute Gasteiger partial charge is 0.508 e. The van der Waals surface area contributed by atoms with Crippen LogP contribution in [0.25, 0.3) is 0 Å². The van der Waals surface area contributed by atoms with Crippen LogP contribution in [-0.4, -0.2) is 17.3 Å². The number of benzene rings is 2. The van der Waals surface area contributed by atoms with E-state index in [0.717, 1.165) is 29.7 Å². The molecular weight excluding hydrogens is 256 g/mol. The highest BCUT2D eigenvalue weighted by Gasteiger charge is 2.25. The van der Waals surface area contributed by atoms with Gasteiger partial charge in [-0.3, -0.25) is 0 Å². The Morgan fingerprint density at radius 1 is 1.10 bits per heavy atom. The minimum atomic E-state index is -0.0441. The van der Waals surface area contributed by atoms with Crippen molar-refractivity contribution in [2.24, 2.45) is 0 Å². The lowest BCUT2D eigenvalue weighted by Crippen LogP contribution is -2.15. The van der Waals surface area contributed by atoms with Crippen molar-refractivity contribution in [1.29, 1.82) is 0 Å². The summed E-state index contributed by atoms with van der Waals surface area (Å²) in [6.45, 7) is 0. The lowest BCUT2D eigenvalue weighted by Gasteiger charge is -2.27. The fourth-order valence-corrected chi connectivity index (χ4v) is 2.58. The number of hydrogen-bond donors (Lipinski definition) is 2. The zero-order valence-corrected chi connectivity index (χ0v) is 11.2. The second kappa shape index (κ2) is 4.96. The van der Waals surface area contributed by atoms with Crippen molar-refractivity contribution >= 4 is 0 Å². The van der Waals surface area contributed by atoms with Gasteiger partial charge in [-0.15, -0.1) is 0 Å². The molecule has 4 heteroatoms. The van der Waals surface area contributed by atoms with Gasteiger partial charge in [-0.1, -0.05) is 12.1 Å². The summed E-state index contributed by atoms with van der Waals surface area (Å²) < 4.78 is 11.2. The maximum Gasteiger partial charge on any atom is 0.167 e. The summed E-state index contributed by atoms with van der Waals surface area (Å²) in [6.07, 6.45) is 1.54. The molecule has 0 saturated heterocycles. The van der Waals surface area contributed by atoms with Crippen molar-refractivity contribution in [2.75, 3.05) is 7.11 Å². The molecule has 2 N–H and O–H groups in total. The van der Waals surface area contributed by atoms with Gasteiger partial charge in [0.05, 0.1) is 7.11 Å². The molecule has 2 aromatic carbocycles. The molecule has 0 aromatic heterocycles. The molecule has 0 amide bonds. The van der Waals surface area contributed by atoms with Gasteiger partial charge in [0.1, 0.15) is 17.6 Å². The lowest BCUT2D eigenvalue weighted by atomic mass is 9.96. The molecule has 2 aromatic rings. The third kappa shape index (κ3) is 2.13. The van der Waals surface area contributed by atoms with E-state index >= 15 is 0 Å². The van der Waals surface area contributed by atoms with Gasteiger partial charge >= 0.3 is 0 Å². The van der Waals surface area contributed by atoms with Crippen LogP contribution in [-0.2, 0) is 6.42 Å². The van der Waals surface area contributed by atoms with E-state index < -0.39 is 0 Å². The fraction of sp³-hybridized carbons (Fsp3) is 0.250. The van der Waals surface area contributed by atoms with Crippen molar-refractivity contribution in [3.05, 3.63) is 47.5 Å². The lowest BCUT2D eigenvalue weighted by molar-refractivity contribution is 0.173. The number of phenolic OH excluding ortho intramolecular Hbond substituents is 2.